The molecule has 0 radical (unpaired) electrons. The summed E-state index contributed by atoms with van der Waals surface area (Å²) in [5.41, 5.74) is 0.644. The number of rotatable bonds is 16. The van der Waals surface area contributed by atoms with Crippen molar-refractivity contribution in [1.82, 2.24) is 0 Å². The first kappa shape index (κ1) is 30.2. The molecule has 0 bridgehead atoms. The summed E-state index contributed by atoms with van der Waals surface area (Å²) in [5.74, 6) is -3.11. The maximum absolute atomic E-state index is 14.5. The molecule has 0 N–H and O–H groups in total. The van der Waals surface area contributed by atoms with Crippen LogP contribution in [-0.4, -0.2) is 19.3 Å². The summed E-state index contributed by atoms with van der Waals surface area (Å²) in [6.07, 6.45) is 5.09. The molecule has 2 nitrogen and oxygen atoms in total. The van der Waals surface area contributed by atoms with Gasteiger partial charge >= 0.3 is 0 Å². The quantitative estimate of drug-likeness (QED) is 0.130. The van der Waals surface area contributed by atoms with Crippen LogP contribution in [-0.2, 0) is 9.47 Å². The Kier molecular flexibility index (Phi) is 13.8. The van der Waals surface area contributed by atoms with Crippen molar-refractivity contribution in [1.29, 1.82) is 0 Å². The molecule has 0 fully saturated rings. The molecule has 0 aromatic carbocycles. The van der Waals surface area contributed by atoms with Crippen molar-refractivity contribution in [2.24, 2.45) is 5.92 Å². The lowest BCUT2D eigenvalue weighted by atomic mass is 10.0. The van der Waals surface area contributed by atoms with E-state index in [9.17, 15) is 13.2 Å². The highest BCUT2D eigenvalue weighted by Gasteiger charge is 2.16. The predicted octanol–water partition coefficient (Wildman–Crippen LogP) is 8.72. The third kappa shape index (κ3) is 11.1. The van der Waals surface area contributed by atoms with Crippen LogP contribution in [0.4, 0.5) is 13.2 Å². The summed E-state index contributed by atoms with van der Waals surface area (Å²) in [7, 11) is 0. The van der Waals surface area contributed by atoms with E-state index >= 15 is 0 Å². The Labute approximate surface area is 197 Å². The fraction of sp³-hybridized carbons (Fsp3) is 0.357. The van der Waals surface area contributed by atoms with Crippen LogP contribution in [0.3, 0.4) is 0 Å². The lowest BCUT2D eigenvalue weighted by Crippen LogP contribution is -2.15. The lowest BCUT2D eigenvalue weighted by Gasteiger charge is -2.16. The van der Waals surface area contributed by atoms with Gasteiger partial charge in [-0.3, -0.25) is 0 Å². The van der Waals surface area contributed by atoms with Gasteiger partial charge in [0.05, 0.1) is 12.7 Å². The molecule has 0 saturated carbocycles. The van der Waals surface area contributed by atoms with E-state index in [2.05, 4.69) is 39.5 Å². The number of hydrogen-bond donors (Lipinski definition) is 0. The van der Waals surface area contributed by atoms with Crippen LogP contribution in [0, 0.1) is 5.92 Å². The van der Waals surface area contributed by atoms with Gasteiger partial charge in [-0.1, -0.05) is 78.8 Å². The van der Waals surface area contributed by atoms with Crippen LogP contribution in [0.1, 0.15) is 40.5 Å². The largest absolute Gasteiger partial charge is 0.491 e. The van der Waals surface area contributed by atoms with Crippen LogP contribution in [0.2, 0.25) is 0 Å². The normalized spacial score (nSPS) is 13.5. The topological polar surface area (TPSA) is 18.5 Å². The maximum Gasteiger partial charge on any atom is 0.200 e. The lowest BCUT2D eigenvalue weighted by molar-refractivity contribution is 0.0693. The zero-order valence-electron chi connectivity index (χ0n) is 20.4. The molecule has 0 heterocycles. The smallest absolute Gasteiger partial charge is 0.200 e. The number of hydrogen-bond acceptors (Lipinski definition) is 2. The highest BCUT2D eigenvalue weighted by Crippen LogP contribution is 2.28. The highest BCUT2D eigenvalue weighted by molar-refractivity contribution is 5.52. The molecule has 1 atom stereocenters. The van der Waals surface area contributed by atoms with Crippen LogP contribution < -0.4 is 0 Å². The summed E-state index contributed by atoms with van der Waals surface area (Å²) in [4.78, 5) is 0. The van der Waals surface area contributed by atoms with Crippen molar-refractivity contribution < 1.29 is 22.6 Å². The van der Waals surface area contributed by atoms with Gasteiger partial charge in [-0.25, -0.2) is 8.78 Å². The molecule has 0 aromatic rings. The zero-order valence-corrected chi connectivity index (χ0v) is 20.4. The molecule has 0 aliphatic heterocycles. The van der Waals surface area contributed by atoms with Gasteiger partial charge in [0.15, 0.2) is 11.6 Å². The Balaban J connectivity index is 5.12. The van der Waals surface area contributed by atoms with E-state index in [1.807, 2.05) is 20.8 Å². The molecule has 0 aliphatic rings. The Morgan fingerprint density at radius 2 is 1.42 bits per heavy atom. The first-order valence-electron chi connectivity index (χ1n) is 10.8. The minimum absolute atomic E-state index is 0.0996. The van der Waals surface area contributed by atoms with E-state index in [-0.39, 0.29) is 28.9 Å². The summed E-state index contributed by atoms with van der Waals surface area (Å²) >= 11 is 0. The first-order valence-corrected chi connectivity index (χ1v) is 10.8. The Morgan fingerprint density at radius 3 is 1.97 bits per heavy atom. The third-order valence-electron chi connectivity index (χ3n) is 4.54. The summed E-state index contributed by atoms with van der Waals surface area (Å²) in [6.45, 7) is 30.3. The summed E-state index contributed by atoms with van der Waals surface area (Å²) < 4.78 is 53.7. The van der Waals surface area contributed by atoms with Gasteiger partial charge in [-0.15, -0.1) is 0 Å². The fourth-order valence-corrected chi connectivity index (χ4v) is 2.18. The maximum atomic E-state index is 14.5. The summed E-state index contributed by atoms with van der Waals surface area (Å²) in [6, 6.07) is 0. The van der Waals surface area contributed by atoms with E-state index in [1.165, 1.54) is 18.2 Å². The average molecular weight is 463 g/mol. The first-order chi connectivity index (χ1) is 15.3. The van der Waals surface area contributed by atoms with Crippen LogP contribution >= 0.6 is 0 Å². The van der Waals surface area contributed by atoms with Gasteiger partial charge in [0.1, 0.15) is 5.83 Å². The molecule has 0 aromatic heterocycles. The van der Waals surface area contributed by atoms with E-state index in [0.717, 1.165) is 6.42 Å². The van der Waals surface area contributed by atoms with Crippen molar-refractivity contribution >= 4 is 0 Å². The number of allylic oxidation sites excluding steroid dienone is 9. The zero-order chi connectivity index (χ0) is 25.7. The van der Waals surface area contributed by atoms with E-state index in [4.69, 9.17) is 9.47 Å². The van der Waals surface area contributed by atoms with E-state index < -0.39 is 29.3 Å². The number of ether oxygens (including phenoxy) is 2. The van der Waals surface area contributed by atoms with Gasteiger partial charge in [0.2, 0.25) is 5.83 Å². The standard InChI is InChI=1S/C28H37F3O2/c1-11-12-15-32-25(10)28(31)27(30)22(7)20(5)14-13-19(4)21(6)16-26(29)23(8)24(9)33-17-18(2)3/h13-14,16,18,24H,4-8,10-12,15,17H2,1-3,9H3/b14-13-,26-16+,28-27-. The average Bonchev–Trinajstić information content (AvgIpc) is 2.78. The number of unbranched alkanes of at least 4 members (excludes halogenated alkanes) is 1. The Morgan fingerprint density at radius 1 is 0.848 bits per heavy atom. The Bertz CT molecular complexity index is 870. The Hall–Kier alpha value is -2.79. The molecule has 33 heavy (non-hydrogen) atoms. The van der Waals surface area contributed by atoms with Crippen LogP contribution in [0.15, 0.2) is 109 Å². The molecule has 5 heteroatoms. The second kappa shape index (κ2) is 15.1. The molecule has 0 aliphatic carbocycles. The van der Waals surface area contributed by atoms with Gasteiger partial charge in [0.25, 0.3) is 0 Å². The van der Waals surface area contributed by atoms with Crippen molar-refractivity contribution in [2.75, 3.05) is 13.2 Å². The third-order valence-corrected chi connectivity index (χ3v) is 4.54. The van der Waals surface area contributed by atoms with Crippen molar-refractivity contribution in [3.8, 4) is 0 Å². The van der Waals surface area contributed by atoms with Gasteiger partial charge in [-0.05, 0) is 42.1 Å². The highest BCUT2D eigenvalue weighted by atomic mass is 19.2. The molecule has 182 valence electrons. The molecule has 0 saturated heterocycles. The SMILES string of the molecule is C=C(/C=C\C(=C)C(=C)/C(F)=C(/F)C(=C)OCCCC)C(=C)/C=C(/F)C(=C)C(C)OCC(C)C. The monoisotopic (exact) mass is 462 g/mol. The van der Waals surface area contributed by atoms with Crippen molar-refractivity contribution in [3.05, 3.63) is 109 Å². The molecule has 0 amide bonds. The molecular formula is C28H37F3O2. The molecule has 1 unspecified atom stereocenters. The van der Waals surface area contributed by atoms with Gasteiger partial charge in [-0.2, -0.15) is 4.39 Å². The molecule has 0 spiro atoms. The second-order valence-corrected chi connectivity index (χ2v) is 8.03. The minimum Gasteiger partial charge on any atom is -0.491 e. The summed E-state index contributed by atoms with van der Waals surface area (Å²) in [5, 5.41) is 0. The minimum atomic E-state index is -1.23. The van der Waals surface area contributed by atoms with Gasteiger partial charge in [0, 0.05) is 17.8 Å². The molecular weight excluding hydrogens is 425 g/mol. The van der Waals surface area contributed by atoms with Crippen LogP contribution in [0.25, 0.3) is 0 Å². The van der Waals surface area contributed by atoms with Crippen molar-refractivity contribution in [3.63, 3.8) is 0 Å². The second-order valence-electron chi connectivity index (χ2n) is 8.03. The van der Waals surface area contributed by atoms with E-state index in [0.29, 0.717) is 24.5 Å². The molecule has 0 rings (SSSR count). The predicted molar refractivity (Wildman–Crippen MR) is 134 cm³/mol. The fourth-order valence-electron chi connectivity index (χ4n) is 2.18. The van der Waals surface area contributed by atoms with Gasteiger partial charge < -0.3 is 9.47 Å². The van der Waals surface area contributed by atoms with Crippen LogP contribution in [0.5, 0.6) is 0 Å². The van der Waals surface area contributed by atoms with Crippen molar-refractivity contribution in [2.45, 2.75) is 46.6 Å². The number of halogens is 3. The van der Waals surface area contributed by atoms with E-state index in [1.54, 1.807) is 6.92 Å².